The van der Waals surface area contributed by atoms with Crippen LogP contribution in [0.5, 0.6) is 0 Å². The summed E-state index contributed by atoms with van der Waals surface area (Å²) >= 11 is 1.25. The Balaban J connectivity index is 1.55. The van der Waals surface area contributed by atoms with Crippen LogP contribution in [0, 0.1) is 5.92 Å². The fourth-order valence-electron chi connectivity index (χ4n) is 2.93. The van der Waals surface area contributed by atoms with E-state index in [4.69, 9.17) is 5.73 Å². The molecule has 27 heavy (non-hydrogen) atoms. The lowest BCUT2D eigenvalue weighted by Crippen LogP contribution is -2.45. The second kappa shape index (κ2) is 8.63. The number of nitrogens with two attached hydrogens (primary N) is 1. The Hall–Kier alpha value is -2.94. The largest absolute Gasteiger partial charge is 0.369 e. The van der Waals surface area contributed by atoms with Crippen molar-refractivity contribution in [3.63, 3.8) is 0 Å². The van der Waals surface area contributed by atoms with Crippen molar-refractivity contribution >= 4 is 40.0 Å². The highest BCUT2D eigenvalue weighted by Gasteiger charge is 2.29. The Morgan fingerprint density at radius 2 is 2.00 bits per heavy atom. The van der Waals surface area contributed by atoms with Gasteiger partial charge in [0, 0.05) is 24.2 Å². The normalized spacial score (nSPS) is 16.6. The number of hydrogen-bond donors (Lipinski definition) is 3. The van der Waals surface area contributed by atoms with E-state index in [0.29, 0.717) is 30.3 Å². The number of likely N-dealkylation sites (tertiary alicyclic amines) is 1. The Labute approximate surface area is 160 Å². The van der Waals surface area contributed by atoms with Crippen LogP contribution in [0.25, 0.3) is 0 Å². The molecular weight excluding hydrogens is 366 g/mol. The lowest BCUT2D eigenvalue weighted by Gasteiger charge is -2.31. The van der Waals surface area contributed by atoms with Crippen LogP contribution in [0.3, 0.4) is 0 Å². The van der Waals surface area contributed by atoms with Crippen LogP contribution in [0.1, 0.15) is 18.5 Å². The molecule has 1 aliphatic heterocycles. The maximum atomic E-state index is 12.5. The first-order valence-corrected chi connectivity index (χ1v) is 9.54. The molecule has 4 N–H and O–H groups in total. The first kappa shape index (κ1) is 18.8. The Morgan fingerprint density at radius 3 is 2.74 bits per heavy atom. The molecule has 9 heteroatoms. The van der Waals surface area contributed by atoms with Crippen LogP contribution in [0.15, 0.2) is 35.7 Å². The minimum atomic E-state index is -0.467. The van der Waals surface area contributed by atoms with Crippen molar-refractivity contribution in [3.8, 4) is 0 Å². The van der Waals surface area contributed by atoms with Crippen molar-refractivity contribution in [2.75, 3.05) is 23.7 Å². The SMILES string of the molecule is NC(=O)Cc1csc(NC(=O)[C@H]2CCCN(C(=O)Nc3ccccc3)C2)n1. The summed E-state index contributed by atoms with van der Waals surface area (Å²) in [6.45, 7) is 0.965. The average molecular weight is 387 g/mol. The van der Waals surface area contributed by atoms with Crippen molar-refractivity contribution in [3.05, 3.63) is 41.4 Å². The monoisotopic (exact) mass is 387 g/mol. The first-order valence-electron chi connectivity index (χ1n) is 8.66. The fourth-order valence-corrected chi connectivity index (χ4v) is 3.64. The van der Waals surface area contributed by atoms with Gasteiger partial charge in [-0.05, 0) is 25.0 Å². The third kappa shape index (κ3) is 5.27. The number of benzene rings is 1. The summed E-state index contributed by atoms with van der Waals surface area (Å²) in [6, 6.07) is 9.00. The number of primary amides is 1. The number of rotatable bonds is 5. The topological polar surface area (TPSA) is 117 Å². The number of nitrogens with zero attached hydrogens (tertiary/aromatic N) is 2. The molecule has 8 nitrogen and oxygen atoms in total. The zero-order valence-electron chi connectivity index (χ0n) is 14.7. The summed E-state index contributed by atoms with van der Waals surface area (Å²) in [7, 11) is 0. The Kier molecular flexibility index (Phi) is 6.02. The smallest absolute Gasteiger partial charge is 0.321 e. The van der Waals surface area contributed by atoms with E-state index in [1.165, 1.54) is 11.3 Å². The van der Waals surface area contributed by atoms with Crippen LogP contribution in [0.2, 0.25) is 0 Å². The van der Waals surface area contributed by atoms with Crippen molar-refractivity contribution < 1.29 is 14.4 Å². The van der Waals surface area contributed by atoms with Gasteiger partial charge in [0.05, 0.1) is 18.0 Å². The predicted molar refractivity (Wildman–Crippen MR) is 103 cm³/mol. The molecule has 1 aromatic heterocycles. The van der Waals surface area contributed by atoms with Gasteiger partial charge in [-0.3, -0.25) is 9.59 Å². The lowest BCUT2D eigenvalue weighted by molar-refractivity contribution is -0.121. The molecule has 4 amide bonds. The zero-order valence-corrected chi connectivity index (χ0v) is 15.5. The van der Waals surface area contributed by atoms with Crippen molar-refractivity contribution in [1.82, 2.24) is 9.88 Å². The quantitative estimate of drug-likeness (QED) is 0.728. The Bertz CT molecular complexity index is 823. The number of carbonyl (C=O) groups excluding carboxylic acids is 3. The van der Waals surface area contributed by atoms with Crippen LogP contribution >= 0.6 is 11.3 Å². The number of amides is 4. The van der Waals surface area contributed by atoms with Crippen molar-refractivity contribution in [2.45, 2.75) is 19.3 Å². The van der Waals surface area contributed by atoms with Crippen LogP contribution < -0.4 is 16.4 Å². The summed E-state index contributed by atoms with van der Waals surface area (Å²) in [5, 5.41) is 7.74. The zero-order chi connectivity index (χ0) is 19.2. The molecule has 0 radical (unpaired) electrons. The number of para-hydroxylation sites is 1. The molecule has 0 spiro atoms. The predicted octanol–water partition coefficient (Wildman–Crippen LogP) is 2.05. The minimum absolute atomic E-state index is 0.0449. The van der Waals surface area contributed by atoms with E-state index in [1.54, 1.807) is 10.3 Å². The van der Waals surface area contributed by atoms with E-state index in [9.17, 15) is 14.4 Å². The molecule has 1 saturated heterocycles. The van der Waals surface area contributed by atoms with Crippen LogP contribution in [-0.4, -0.2) is 40.8 Å². The first-order chi connectivity index (χ1) is 13.0. The van der Waals surface area contributed by atoms with Gasteiger partial charge < -0.3 is 21.3 Å². The number of urea groups is 1. The molecule has 0 aliphatic carbocycles. The number of anilines is 2. The number of thiazole rings is 1. The maximum absolute atomic E-state index is 12.5. The number of carbonyl (C=O) groups is 3. The summed E-state index contributed by atoms with van der Waals surface area (Å²) in [6.07, 6.45) is 1.51. The lowest BCUT2D eigenvalue weighted by atomic mass is 9.97. The summed E-state index contributed by atoms with van der Waals surface area (Å²) < 4.78 is 0. The van der Waals surface area contributed by atoms with Crippen molar-refractivity contribution in [2.24, 2.45) is 11.7 Å². The third-order valence-electron chi connectivity index (χ3n) is 4.24. The maximum Gasteiger partial charge on any atom is 0.321 e. The highest BCUT2D eigenvalue weighted by Crippen LogP contribution is 2.22. The molecule has 3 rings (SSSR count). The fraction of sp³-hybridized carbons (Fsp3) is 0.333. The van der Waals surface area contributed by atoms with Gasteiger partial charge in [0.25, 0.3) is 0 Å². The van der Waals surface area contributed by atoms with Gasteiger partial charge in [0.15, 0.2) is 5.13 Å². The highest BCUT2D eigenvalue weighted by molar-refractivity contribution is 7.13. The summed E-state index contributed by atoms with van der Waals surface area (Å²) in [4.78, 5) is 41.7. The van der Waals surface area contributed by atoms with Gasteiger partial charge in [-0.2, -0.15) is 0 Å². The average Bonchev–Trinajstić information content (AvgIpc) is 3.08. The minimum Gasteiger partial charge on any atom is -0.369 e. The van der Waals surface area contributed by atoms with Gasteiger partial charge in [0.2, 0.25) is 11.8 Å². The highest BCUT2D eigenvalue weighted by atomic mass is 32.1. The van der Waals surface area contributed by atoms with E-state index in [0.717, 1.165) is 12.1 Å². The van der Waals surface area contributed by atoms with Gasteiger partial charge in [-0.15, -0.1) is 11.3 Å². The molecule has 0 bridgehead atoms. The second-order valence-corrected chi connectivity index (χ2v) is 7.22. The standard InChI is InChI=1S/C18H21N5O3S/c19-15(24)9-14-11-27-17(20-14)22-16(25)12-5-4-8-23(10-12)18(26)21-13-6-2-1-3-7-13/h1-3,6-7,11-12H,4-5,8-10H2,(H2,19,24)(H,21,26)(H,20,22,25)/t12-/m0/s1. The summed E-state index contributed by atoms with van der Waals surface area (Å²) in [5.41, 5.74) is 6.40. The number of piperidine rings is 1. The molecule has 0 saturated carbocycles. The van der Waals surface area contributed by atoms with Crippen molar-refractivity contribution in [1.29, 1.82) is 0 Å². The summed E-state index contributed by atoms with van der Waals surface area (Å²) in [5.74, 6) is -0.943. The van der Waals surface area contributed by atoms with Gasteiger partial charge >= 0.3 is 6.03 Å². The molecular formula is C18H21N5O3S. The van der Waals surface area contributed by atoms with E-state index in [1.807, 2.05) is 30.3 Å². The molecule has 2 aromatic rings. The van der Waals surface area contributed by atoms with E-state index < -0.39 is 5.91 Å². The molecule has 1 aliphatic rings. The van der Waals surface area contributed by atoms with E-state index in [-0.39, 0.29) is 24.3 Å². The molecule has 142 valence electrons. The molecule has 0 unspecified atom stereocenters. The third-order valence-corrected chi connectivity index (χ3v) is 5.05. The number of hydrogen-bond acceptors (Lipinski definition) is 5. The Morgan fingerprint density at radius 1 is 1.22 bits per heavy atom. The molecule has 2 heterocycles. The number of aromatic nitrogens is 1. The second-order valence-electron chi connectivity index (χ2n) is 6.36. The van der Waals surface area contributed by atoms with Gasteiger partial charge in [-0.25, -0.2) is 9.78 Å². The van der Waals surface area contributed by atoms with E-state index >= 15 is 0 Å². The number of nitrogens with one attached hydrogen (secondary N) is 2. The van der Waals surface area contributed by atoms with Gasteiger partial charge in [-0.1, -0.05) is 18.2 Å². The van der Waals surface area contributed by atoms with Crippen LogP contribution in [-0.2, 0) is 16.0 Å². The molecule has 1 atom stereocenters. The van der Waals surface area contributed by atoms with E-state index in [2.05, 4.69) is 15.6 Å². The molecule has 1 fully saturated rings. The molecule has 1 aromatic carbocycles. The van der Waals surface area contributed by atoms with Gasteiger partial charge in [0.1, 0.15) is 0 Å². The van der Waals surface area contributed by atoms with Crippen LogP contribution in [0.4, 0.5) is 15.6 Å².